The van der Waals surface area contributed by atoms with Gasteiger partial charge in [-0.2, -0.15) is 0 Å². The van der Waals surface area contributed by atoms with Gasteiger partial charge in [0.2, 0.25) is 0 Å². The summed E-state index contributed by atoms with van der Waals surface area (Å²) in [6.45, 7) is 1.37. The highest BCUT2D eigenvalue weighted by atomic mass is 16.3. The number of amides is 1. The van der Waals surface area contributed by atoms with E-state index in [9.17, 15) is 4.79 Å². The van der Waals surface area contributed by atoms with Crippen LogP contribution in [0.15, 0.2) is 29.0 Å². The van der Waals surface area contributed by atoms with Gasteiger partial charge >= 0.3 is 0 Å². The Morgan fingerprint density at radius 1 is 1.53 bits per heavy atom. The lowest BCUT2D eigenvalue weighted by atomic mass is 10.1. The summed E-state index contributed by atoms with van der Waals surface area (Å²) in [5.41, 5.74) is 0.684. The highest BCUT2D eigenvalue weighted by molar-refractivity contribution is 5.92. The Morgan fingerprint density at radius 2 is 2.42 bits per heavy atom. The van der Waals surface area contributed by atoms with Crippen molar-refractivity contribution in [2.75, 3.05) is 7.05 Å². The van der Waals surface area contributed by atoms with E-state index in [-0.39, 0.29) is 5.91 Å². The van der Waals surface area contributed by atoms with Gasteiger partial charge in [-0.1, -0.05) is 0 Å². The van der Waals surface area contributed by atoms with Gasteiger partial charge in [0, 0.05) is 20.0 Å². The molecule has 3 heterocycles. The molecule has 0 atom stereocenters. The first kappa shape index (κ1) is 12.0. The summed E-state index contributed by atoms with van der Waals surface area (Å²) in [4.78, 5) is 18.4. The molecule has 3 rings (SSSR count). The van der Waals surface area contributed by atoms with E-state index in [1.807, 2.05) is 16.7 Å². The molecule has 5 nitrogen and oxygen atoms in total. The zero-order valence-corrected chi connectivity index (χ0v) is 11.0. The number of aromatic nitrogens is 2. The van der Waals surface area contributed by atoms with E-state index in [0.29, 0.717) is 12.2 Å². The first-order valence-electron chi connectivity index (χ1n) is 6.58. The molecule has 0 bridgehead atoms. The number of nitrogens with zero attached hydrogens (tertiary/aromatic N) is 3. The molecule has 0 aliphatic carbocycles. The van der Waals surface area contributed by atoms with Gasteiger partial charge < -0.3 is 13.9 Å². The Hall–Kier alpha value is -2.04. The Bertz CT molecular complexity index is 572. The van der Waals surface area contributed by atoms with Crippen LogP contribution in [0.4, 0.5) is 0 Å². The minimum Gasteiger partial charge on any atom is -0.467 e. The number of carbonyl (C=O) groups is 1. The van der Waals surface area contributed by atoms with Crippen molar-refractivity contribution in [2.24, 2.45) is 0 Å². The Balaban J connectivity index is 1.78. The van der Waals surface area contributed by atoms with Gasteiger partial charge in [-0.15, -0.1) is 0 Å². The first-order chi connectivity index (χ1) is 9.25. The standard InChI is InChI=1S/C14H17N3O2/c1-16(10-11-5-4-8-19-11)14(18)12-9-15-13-6-2-3-7-17(12)13/h4-5,8-9H,2-3,6-7,10H2,1H3. The minimum absolute atomic E-state index is 0.00273. The van der Waals surface area contributed by atoms with Gasteiger partial charge in [0.1, 0.15) is 17.3 Å². The molecule has 0 spiro atoms. The molecular formula is C14H17N3O2. The summed E-state index contributed by atoms with van der Waals surface area (Å²) in [6, 6.07) is 3.70. The summed E-state index contributed by atoms with van der Waals surface area (Å²) in [7, 11) is 1.79. The number of furan rings is 1. The van der Waals surface area contributed by atoms with Gasteiger partial charge in [-0.25, -0.2) is 4.98 Å². The average molecular weight is 259 g/mol. The molecule has 2 aromatic rings. The third-order valence-electron chi connectivity index (χ3n) is 3.51. The SMILES string of the molecule is CN(Cc1ccco1)C(=O)c1cnc2n1CCCC2. The molecule has 0 aromatic carbocycles. The number of hydrogen-bond acceptors (Lipinski definition) is 3. The predicted molar refractivity (Wildman–Crippen MR) is 69.7 cm³/mol. The summed E-state index contributed by atoms with van der Waals surface area (Å²) >= 11 is 0. The summed E-state index contributed by atoms with van der Waals surface area (Å²) < 4.78 is 7.31. The molecule has 1 amide bonds. The number of imidazole rings is 1. The third-order valence-corrected chi connectivity index (χ3v) is 3.51. The largest absolute Gasteiger partial charge is 0.467 e. The molecule has 0 saturated carbocycles. The van der Waals surface area contributed by atoms with Crippen LogP contribution in [-0.2, 0) is 19.5 Å². The van der Waals surface area contributed by atoms with Crippen LogP contribution in [0.3, 0.4) is 0 Å². The quantitative estimate of drug-likeness (QED) is 0.848. The third kappa shape index (κ3) is 2.28. The molecule has 100 valence electrons. The van der Waals surface area contributed by atoms with Crippen molar-refractivity contribution in [3.8, 4) is 0 Å². The molecule has 0 fully saturated rings. The van der Waals surface area contributed by atoms with E-state index in [2.05, 4.69) is 4.98 Å². The van der Waals surface area contributed by atoms with Crippen LogP contribution in [0.1, 0.15) is 34.9 Å². The van der Waals surface area contributed by atoms with Crippen molar-refractivity contribution in [1.82, 2.24) is 14.5 Å². The van der Waals surface area contributed by atoms with Gasteiger partial charge in [-0.05, 0) is 25.0 Å². The average Bonchev–Trinajstić information content (AvgIpc) is 3.06. The predicted octanol–water partition coefficient (Wildman–Crippen LogP) is 2.08. The van der Waals surface area contributed by atoms with Crippen LogP contribution < -0.4 is 0 Å². The number of aryl methyl sites for hydroxylation is 1. The van der Waals surface area contributed by atoms with Crippen molar-refractivity contribution in [2.45, 2.75) is 32.4 Å². The van der Waals surface area contributed by atoms with Crippen LogP contribution in [0.5, 0.6) is 0 Å². The maximum Gasteiger partial charge on any atom is 0.272 e. The maximum atomic E-state index is 12.4. The van der Waals surface area contributed by atoms with Gasteiger partial charge in [0.05, 0.1) is 19.0 Å². The van der Waals surface area contributed by atoms with Crippen molar-refractivity contribution in [3.63, 3.8) is 0 Å². The molecular weight excluding hydrogens is 242 g/mol. The van der Waals surface area contributed by atoms with Crippen LogP contribution in [0.2, 0.25) is 0 Å². The molecule has 1 aliphatic heterocycles. The number of fused-ring (bicyclic) bond motifs is 1. The normalized spacial score (nSPS) is 14.2. The van der Waals surface area contributed by atoms with E-state index >= 15 is 0 Å². The zero-order valence-electron chi connectivity index (χ0n) is 11.0. The van der Waals surface area contributed by atoms with Gasteiger partial charge in [-0.3, -0.25) is 4.79 Å². The van der Waals surface area contributed by atoms with Crippen molar-refractivity contribution in [1.29, 1.82) is 0 Å². The second-order valence-corrected chi connectivity index (χ2v) is 4.91. The fraction of sp³-hybridized carbons (Fsp3) is 0.429. The van der Waals surface area contributed by atoms with Crippen molar-refractivity contribution < 1.29 is 9.21 Å². The topological polar surface area (TPSA) is 51.3 Å². The lowest BCUT2D eigenvalue weighted by Crippen LogP contribution is -2.29. The van der Waals surface area contributed by atoms with E-state index in [0.717, 1.165) is 37.4 Å². The molecule has 0 saturated heterocycles. The molecule has 0 unspecified atom stereocenters. The van der Waals surface area contributed by atoms with Crippen molar-refractivity contribution >= 4 is 5.91 Å². The van der Waals surface area contributed by atoms with E-state index in [1.165, 1.54) is 0 Å². The second-order valence-electron chi connectivity index (χ2n) is 4.91. The minimum atomic E-state index is -0.00273. The molecule has 1 aliphatic rings. The summed E-state index contributed by atoms with van der Waals surface area (Å²) in [6.07, 6.45) is 6.56. The summed E-state index contributed by atoms with van der Waals surface area (Å²) in [5, 5.41) is 0. The highest BCUT2D eigenvalue weighted by Gasteiger charge is 2.21. The lowest BCUT2D eigenvalue weighted by molar-refractivity contribution is 0.0763. The van der Waals surface area contributed by atoms with Crippen LogP contribution in [0, 0.1) is 0 Å². The van der Waals surface area contributed by atoms with Gasteiger partial charge in [0.15, 0.2) is 0 Å². The molecule has 19 heavy (non-hydrogen) atoms. The Labute approximate surface area is 111 Å². The molecule has 2 aromatic heterocycles. The Morgan fingerprint density at radius 3 is 3.21 bits per heavy atom. The van der Waals surface area contributed by atoms with E-state index in [1.54, 1.807) is 24.4 Å². The van der Waals surface area contributed by atoms with Crippen LogP contribution in [0.25, 0.3) is 0 Å². The van der Waals surface area contributed by atoms with Crippen LogP contribution >= 0.6 is 0 Å². The fourth-order valence-electron chi connectivity index (χ4n) is 2.49. The second kappa shape index (κ2) is 4.91. The molecule has 5 heteroatoms. The Kier molecular flexibility index (Phi) is 3.11. The zero-order chi connectivity index (χ0) is 13.2. The number of carbonyl (C=O) groups excluding carboxylic acids is 1. The fourth-order valence-corrected chi connectivity index (χ4v) is 2.49. The van der Waals surface area contributed by atoms with Crippen LogP contribution in [-0.4, -0.2) is 27.4 Å². The molecule has 0 radical (unpaired) electrons. The van der Waals surface area contributed by atoms with E-state index < -0.39 is 0 Å². The smallest absolute Gasteiger partial charge is 0.272 e. The molecule has 0 N–H and O–H groups in total. The lowest BCUT2D eigenvalue weighted by Gasteiger charge is -2.19. The summed E-state index contributed by atoms with van der Waals surface area (Å²) in [5.74, 6) is 1.81. The maximum absolute atomic E-state index is 12.4. The van der Waals surface area contributed by atoms with Gasteiger partial charge in [0.25, 0.3) is 5.91 Å². The number of hydrogen-bond donors (Lipinski definition) is 0. The highest BCUT2D eigenvalue weighted by Crippen LogP contribution is 2.17. The van der Waals surface area contributed by atoms with E-state index in [4.69, 9.17) is 4.42 Å². The monoisotopic (exact) mass is 259 g/mol. The first-order valence-corrected chi connectivity index (χ1v) is 6.58. The van der Waals surface area contributed by atoms with Crippen molar-refractivity contribution in [3.05, 3.63) is 41.9 Å². The number of rotatable bonds is 3.